The molecule has 1 aliphatic heterocycles. The summed E-state index contributed by atoms with van der Waals surface area (Å²) in [5, 5.41) is 5.60. The zero-order chi connectivity index (χ0) is 23.3. The predicted octanol–water partition coefficient (Wildman–Crippen LogP) is 2.81. The van der Waals surface area contributed by atoms with Gasteiger partial charge in [0.25, 0.3) is 5.91 Å². The van der Waals surface area contributed by atoms with Gasteiger partial charge in [0, 0.05) is 6.54 Å². The lowest BCUT2D eigenvalue weighted by molar-refractivity contribution is -0.135. The molecule has 1 atom stereocenters. The van der Waals surface area contributed by atoms with Gasteiger partial charge in [0.15, 0.2) is 11.5 Å². The zero-order valence-corrected chi connectivity index (χ0v) is 18.8. The first-order valence-corrected chi connectivity index (χ1v) is 10.5. The Hall–Kier alpha value is -3.55. The second kappa shape index (κ2) is 9.72. The van der Waals surface area contributed by atoms with Crippen molar-refractivity contribution in [1.29, 1.82) is 0 Å². The maximum absolute atomic E-state index is 13.4. The second-order valence-electron chi connectivity index (χ2n) is 8.16. The lowest BCUT2D eigenvalue weighted by atomic mass is 9.82. The van der Waals surface area contributed by atoms with E-state index in [1.165, 1.54) is 7.11 Å². The quantitative estimate of drug-likeness (QED) is 0.586. The van der Waals surface area contributed by atoms with E-state index in [2.05, 4.69) is 10.6 Å². The van der Waals surface area contributed by atoms with E-state index in [-0.39, 0.29) is 19.0 Å². The van der Waals surface area contributed by atoms with Crippen molar-refractivity contribution in [2.75, 3.05) is 20.8 Å². The molecule has 1 saturated heterocycles. The Kier molecular flexibility index (Phi) is 7.02. The van der Waals surface area contributed by atoms with Crippen molar-refractivity contribution < 1.29 is 23.9 Å². The maximum atomic E-state index is 13.4. The minimum atomic E-state index is -1.17. The van der Waals surface area contributed by atoms with E-state index >= 15 is 0 Å². The Labute approximate surface area is 187 Å². The Morgan fingerprint density at radius 3 is 2.38 bits per heavy atom. The zero-order valence-electron chi connectivity index (χ0n) is 18.8. The Morgan fingerprint density at radius 1 is 1.06 bits per heavy atom. The standard InChI is InChI=1S/C24H29N3O5/c1-16(2)13-24(18-8-6-5-7-9-18)22(29)27(23(30)26-24)15-21(28)25-14-17-10-11-19(31-3)20(12-17)32-4/h5-12,16H,13-15H2,1-4H3,(H,25,28)(H,26,30). The van der Waals surface area contributed by atoms with Gasteiger partial charge in [0.05, 0.1) is 14.2 Å². The highest BCUT2D eigenvalue weighted by Crippen LogP contribution is 2.35. The SMILES string of the molecule is COc1ccc(CNC(=O)CN2C(=O)NC(CC(C)C)(c3ccccc3)C2=O)cc1OC. The predicted molar refractivity (Wildman–Crippen MR) is 119 cm³/mol. The lowest BCUT2D eigenvalue weighted by Gasteiger charge is -2.29. The molecule has 2 N–H and O–H groups in total. The first kappa shape index (κ1) is 23.1. The number of methoxy groups -OCH3 is 2. The van der Waals surface area contributed by atoms with Gasteiger partial charge in [0.2, 0.25) is 5.91 Å². The number of nitrogens with zero attached hydrogens (tertiary/aromatic N) is 1. The van der Waals surface area contributed by atoms with Crippen LogP contribution in [0.25, 0.3) is 0 Å². The number of nitrogens with one attached hydrogen (secondary N) is 2. The summed E-state index contributed by atoms with van der Waals surface area (Å²) in [5.41, 5.74) is 0.336. The number of urea groups is 1. The summed E-state index contributed by atoms with van der Waals surface area (Å²) in [7, 11) is 3.08. The van der Waals surface area contributed by atoms with E-state index in [1.54, 1.807) is 25.3 Å². The smallest absolute Gasteiger partial charge is 0.325 e. The van der Waals surface area contributed by atoms with Crippen molar-refractivity contribution in [3.05, 3.63) is 59.7 Å². The monoisotopic (exact) mass is 439 g/mol. The number of hydrogen-bond acceptors (Lipinski definition) is 5. The highest BCUT2D eigenvalue weighted by molar-refractivity contribution is 6.09. The largest absolute Gasteiger partial charge is 0.493 e. The molecule has 8 nitrogen and oxygen atoms in total. The summed E-state index contributed by atoms with van der Waals surface area (Å²) in [5.74, 6) is 0.442. The van der Waals surface area contributed by atoms with Gasteiger partial charge in [-0.15, -0.1) is 0 Å². The maximum Gasteiger partial charge on any atom is 0.325 e. The summed E-state index contributed by atoms with van der Waals surface area (Å²) in [6.45, 7) is 3.84. The summed E-state index contributed by atoms with van der Waals surface area (Å²) < 4.78 is 10.5. The van der Waals surface area contributed by atoms with Gasteiger partial charge in [-0.25, -0.2) is 4.79 Å². The van der Waals surface area contributed by atoms with E-state index in [0.717, 1.165) is 10.5 Å². The van der Waals surface area contributed by atoms with Crippen LogP contribution in [0.5, 0.6) is 11.5 Å². The Morgan fingerprint density at radius 2 is 1.75 bits per heavy atom. The fraction of sp³-hybridized carbons (Fsp3) is 0.375. The number of rotatable bonds is 9. The molecule has 32 heavy (non-hydrogen) atoms. The molecular weight excluding hydrogens is 410 g/mol. The Bertz CT molecular complexity index is 992. The first-order valence-electron chi connectivity index (χ1n) is 10.5. The van der Waals surface area contributed by atoms with Crippen LogP contribution in [0.1, 0.15) is 31.4 Å². The van der Waals surface area contributed by atoms with Gasteiger partial charge in [-0.2, -0.15) is 0 Å². The topological polar surface area (TPSA) is 97.0 Å². The molecule has 2 aromatic rings. The number of hydrogen-bond donors (Lipinski definition) is 2. The number of ether oxygens (including phenoxy) is 2. The summed E-state index contributed by atoms with van der Waals surface area (Å²) >= 11 is 0. The number of carbonyl (C=O) groups is 3. The molecule has 1 heterocycles. The normalized spacial score (nSPS) is 18.0. The fourth-order valence-electron chi connectivity index (χ4n) is 3.95. The van der Waals surface area contributed by atoms with Gasteiger partial charge in [-0.1, -0.05) is 50.2 Å². The van der Waals surface area contributed by atoms with Gasteiger partial charge in [0.1, 0.15) is 12.1 Å². The molecule has 8 heteroatoms. The molecule has 0 radical (unpaired) electrons. The molecule has 0 aromatic heterocycles. The number of imide groups is 1. The molecule has 1 fully saturated rings. The summed E-state index contributed by atoms with van der Waals surface area (Å²) in [6.07, 6.45) is 0.436. The highest BCUT2D eigenvalue weighted by atomic mass is 16.5. The van der Waals surface area contributed by atoms with Gasteiger partial charge in [-0.05, 0) is 35.6 Å². The van der Waals surface area contributed by atoms with Gasteiger partial charge in [-0.3, -0.25) is 14.5 Å². The molecule has 0 bridgehead atoms. The molecular formula is C24H29N3O5. The van der Waals surface area contributed by atoms with E-state index in [9.17, 15) is 14.4 Å². The van der Waals surface area contributed by atoms with Crippen LogP contribution in [-0.2, 0) is 21.7 Å². The van der Waals surface area contributed by atoms with Crippen LogP contribution in [0, 0.1) is 5.92 Å². The van der Waals surface area contributed by atoms with E-state index in [1.807, 2.05) is 44.2 Å². The highest BCUT2D eigenvalue weighted by Gasteiger charge is 2.52. The first-order chi connectivity index (χ1) is 15.3. The molecule has 1 unspecified atom stereocenters. The second-order valence-corrected chi connectivity index (χ2v) is 8.16. The molecule has 4 amide bonds. The van der Waals surface area contributed by atoms with Crippen LogP contribution >= 0.6 is 0 Å². The van der Waals surface area contributed by atoms with Crippen LogP contribution in [0.4, 0.5) is 4.79 Å². The van der Waals surface area contributed by atoms with Crippen molar-refractivity contribution in [1.82, 2.24) is 15.5 Å². The minimum absolute atomic E-state index is 0.151. The summed E-state index contributed by atoms with van der Waals surface area (Å²) in [6, 6.07) is 13.9. The molecule has 2 aromatic carbocycles. The van der Waals surface area contributed by atoms with Crippen molar-refractivity contribution in [2.45, 2.75) is 32.4 Å². The van der Waals surface area contributed by atoms with Crippen LogP contribution in [-0.4, -0.2) is 43.5 Å². The fourth-order valence-corrected chi connectivity index (χ4v) is 3.95. The van der Waals surface area contributed by atoms with Gasteiger partial charge < -0.3 is 20.1 Å². The molecule has 0 spiro atoms. The van der Waals surface area contributed by atoms with E-state index in [4.69, 9.17) is 9.47 Å². The minimum Gasteiger partial charge on any atom is -0.493 e. The average Bonchev–Trinajstić information content (AvgIpc) is 3.02. The van der Waals surface area contributed by atoms with Crippen molar-refractivity contribution in [3.8, 4) is 11.5 Å². The third kappa shape index (κ3) is 4.69. The number of carbonyl (C=O) groups excluding carboxylic acids is 3. The lowest BCUT2D eigenvalue weighted by Crippen LogP contribution is -2.46. The van der Waals surface area contributed by atoms with Crippen molar-refractivity contribution >= 4 is 17.8 Å². The molecule has 1 aliphatic rings. The third-order valence-electron chi connectivity index (χ3n) is 5.40. The summed E-state index contributed by atoms with van der Waals surface area (Å²) in [4.78, 5) is 39.6. The molecule has 0 aliphatic carbocycles. The van der Waals surface area contributed by atoms with E-state index < -0.39 is 23.4 Å². The van der Waals surface area contributed by atoms with Gasteiger partial charge >= 0.3 is 6.03 Å². The molecule has 170 valence electrons. The average molecular weight is 440 g/mol. The third-order valence-corrected chi connectivity index (χ3v) is 5.40. The molecule has 3 rings (SSSR count). The van der Waals surface area contributed by atoms with Crippen LogP contribution in [0.3, 0.4) is 0 Å². The number of amides is 4. The van der Waals surface area contributed by atoms with E-state index in [0.29, 0.717) is 23.5 Å². The Balaban J connectivity index is 1.71. The van der Waals surface area contributed by atoms with Crippen LogP contribution in [0.15, 0.2) is 48.5 Å². The molecule has 0 saturated carbocycles. The van der Waals surface area contributed by atoms with Crippen LogP contribution in [0.2, 0.25) is 0 Å². The number of benzene rings is 2. The van der Waals surface area contributed by atoms with Crippen LogP contribution < -0.4 is 20.1 Å². The van der Waals surface area contributed by atoms with Crippen molar-refractivity contribution in [3.63, 3.8) is 0 Å². The van der Waals surface area contributed by atoms with Crippen molar-refractivity contribution in [2.24, 2.45) is 5.92 Å².